The SMILES string of the molecule is CCOc1ccccc1NC(=O)CN1CCCC1c1ccc2c(c1)OCCO2. The molecule has 0 aromatic heterocycles. The molecule has 6 nitrogen and oxygen atoms in total. The Morgan fingerprint density at radius 2 is 2.00 bits per heavy atom. The summed E-state index contributed by atoms with van der Waals surface area (Å²) in [5.41, 5.74) is 1.88. The third-order valence-corrected chi connectivity index (χ3v) is 5.12. The quantitative estimate of drug-likeness (QED) is 0.827. The van der Waals surface area contributed by atoms with Crippen molar-refractivity contribution in [2.45, 2.75) is 25.8 Å². The summed E-state index contributed by atoms with van der Waals surface area (Å²) in [6, 6.07) is 13.9. The van der Waals surface area contributed by atoms with Gasteiger partial charge in [0, 0.05) is 6.04 Å². The summed E-state index contributed by atoms with van der Waals surface area (Å²) >= 11 is 0. The minimum Gasteiger partial charge on any atom is -0.492 e. The van der Waals surface area contributed by atoms with E-state index in [1.165, 1.54) is 5.56 Å². The second-order valence-electron chi connectivity index (χ2n) is 7.01. The second-order valence-corrected chi connectivity index (χ2v) is 7.01. The Labute approximate surface area is 165 Å². The molecule has 1 N–H and O–H groups in total. The van der Waals surface area contributed by atoms with Crippen LogP contribution in [0.5, 0.6) is 17.2 Å². The largest absolute Gasteiger partial charge is 0.492 e. The Hall–Kier alpha value is -2.73. The minimum atomic E-state index is -0.0309. The number of carbonyl (C=O) groups excluding carboxylic acids is 1. The highest BCUT2D eigenvalue weighted by atomic mass is 16.6. The van der Waals surface area contributed by atoms with Gasteiger partial charge >= 0.3 is 0 Å². The molecule has 0 aliphatic carbocycles. The summed E-state index contributed by atoms with van der Waals surface area (Å²) in [5.74, 6) is 2.26. The number of carbonyl (C=O) groups is 1. The first kappa shape index (κ1) is 18.6. The van der Waals surface area contributed by atoms with Crippen LogP contribution in [0.2, 0.25) is 0 Å². The van der Waals surface area contributed by atoms with Crippen molar-refractivity contribution in [2.75, 3.05) is 38.2 Å². The highest BCUT2D eigenvalue weighted by Gasteiger charge is 2.29. The lowest BCUT2D eigenvalue weighted by Crippen LogP contribution is -2.33. The summed E-state index contributed by atoms with van der Waals surface area (Å²) in [7, 11) is 0. The van der Waals surface area contributed by atoms with Gasteiger partial charge in [0.15, 0.2) is 11.5 Å². The van der Waals surface area contributed by atoms with Crippen LogP contribution < -0.4 is 19.5 Å². The fourth-order valence-corrected chi connectivity index (χ4v) is 3.89. The van der Waals surface area contributed by atoms with Gasteiger partial charge in [0.2, 0.25) is 5.91 Å². The molecular formula is C22H26N2O4. The Morgan fingerprint density at radius 3 is 2.86 bits per heavy atom. The Morgan fingerprint density at radius 1 is 1.18 bits per heavy atom. The lowest BCUT2D eigenvalue weighted by atomic mass is 10.0. The van der Waals surface area contributed by atoms with E-state index in [4.69, 9.17) is 14.2 Å². The molecule has 2 heterocycles. The first-order valence-electron chi connectivity index (χ1n) is 9.90. The van der Waals surface area contributed by atoms with Crippen LogP contribution in [0.1, 0.15) is 31.4 Å². The number of anilines is 1. The van der Waals surface area contributed by atoms with Crippen LogP contribution in [0.4, 0.5) is 5.69 Å². The van der Waals surface area contributed by atoms with Gasteiger partial charge in [-0.1, -0.05) is 18.2 Å². The Kier molecular flexibility index (Phi) is 5.67. The van der Waals surface area contributed by atoms with E-state index in [2.05, 4.69) is 22.3 Å². The summed E-state index contributed by atoms with van der Waals surface area (Å²) < 4.78 is 16.9. The molecule has 1 fully saturated rings. The highest BCUT2D eigenvalue weighted by Crippen LogP contribution is 2.38. The molecule has 1 atom stereocenters. The van der Waals surface area contributed by atoms with E-state index in [0.29, 0.717) is 37.8 Å². The van der Waals surface area contributed by atoms with E-state index >= 15 is 0 Å². The van der Waals surface area contributed by atoms with E-state index < -0.39 is 0 Å². The molecule has 0 radical (unpaired) electrons. The molecule has 2 aliphatic heterocycles. The molecule has 0 bridgehead atoms. The monoisotopic (exact) mass is 382 g/mol. The molecule has 2 aromatic carbocycles. The van der Waals surface area contributed by atoms with E-state index in [9.17, 15) is 4.79 Å². The van der Waals surface area contributed by atoms with Gasteiger partial charge in [0.1, 0.15) is 19.0 Å². The van der Waals surface area contributed by atoms with E-state index in [0.717, 1.165) is 30.9 Å². The number of nitrogens with one attached hydrogen (secondary N) is 1. The molecule has 4 rings (SSSR count). The van der Waals surface area contributed by atoms with Gasteiger partial charge in [0.25, 0.3) is 0 Å². The number of rotatable bonds is 6. The number of para-hydroxylation sites is 2. The first-order valence-corrected chi connectivity index (χ1v) is 9.90. The number of fused-ring (bicyclic) bond motifs is 1. The second kappa shape index (κ2) is 8.52. The van der Waals surface area contributed by atoms with Crippen molar-refractivity contribution in [1.82, 2.24) is 4.90 Å². The van der Waals surface area contributed by atoms with Gasteiger partial charge in [-0.25, -0.2) is 0 Å². The smallest absolute Gasteiger partial charge is 0.238 e. The van der Waals surface area contributed by atoms with Crippen molar-refractivity contribution in [3.05, 3.63) is 48.0 Å². The lowest BCUT2D eigenvalue weighted by molar-refractivity contribution is -0.117. The predicted octanol–water partition coefficient (Wildman–Crippen LogP) is 3.63. The minimum absolute atomic E-state index is 0.0309. The molecule has 148 valence electrons. The van der Waals surface area contributed by atoms with Crippen molar-refractivity contribution >= 4 is 11.6 Å². The van der Waals surface area contributed by atoms with Crippen LogP contribution in [0.3, 0.4) is 0 Å². The maximum Gasteiger partial charge on any atom is 0.238 e. The number of ether oxygens (including phenoxy) is 3. The summed E-state index contributed by atoms with van der Waals surface area (Å²) in [5, 5.41) is 2.99. The molecule has 2 aliphatic rings. The fourth-order valence-electron chi connectivity index (χ4n) is 3.89. The van der Waals surface area contributed by atoms with Gasteiger partial charge < -0.3 is 19.5 Å². The predicted molar refractivity (Wildman–Crippen MR) is 107 cm³/mol. The number of hydrogen-bond donors (Lipinski definition) is 1. The average molecular weight is 382 g/mol. The van der Waals surface area contributed by atoms with E-state index in [1.807, 2.05) is 37.3 Å². The van der Waals surface area contributed by atoms with Gasteiger partial charge in [-0.15, -0.1) is 0 Å². The van der Waals surface area contributed by atoms with Crippen molar-refractivity contribution in [3.8, 4) is 17.2 Å². The van der Waals surface area contributed by atoms with Gasteiger partial charge in [-0.2, -0.15) is 0 Å². The van der Waals surface area contributed by atoms with Crippen LogP contribution in [-0.4, -0.2) is 43.7 Å². The molecule has 0 spiro atoms. The fraction of sp³-hybridized carbons (Fsp3) is 0.409. The zero-order chi connectivity index (χ0) is 19.3. The van der Waals surface area contributed by atoms with E-state index in [-0.39, 0.29) is 11.9 Å². The van der Waals surface area contributed by atoms with E-state index in [1.54, 1.807) is 0 Å². The highest BCUT2D eigenvalue weighted by molar-refractivity contribution is 5.93. The van der Waals surface area contributed by atoms with Crippen LogP contribution in [0.15, 0.2) is 42.5 Å². The molecule has 1 unspecified atom stereocenters. The lowest BCUT2D eigenvalue weighted by Gasteiger charge is -2.26. The number of likely N-dealkylation sites (tertiary alicyclic amines) is 1. The van der Waals surface area contributed by atoms with Crippen LogP contribution in [-0.2, 0) is 4.79 Å². The zero-order valence-corrected chi connectivity index (χ0v) is 16.1. The third-order valence-electron chi connectivity index (χ3n) is 5.12. The number of nitrogens with zero attached hydrogens (tertiary/aromatic N) is 1. The van der Waals surface area contributed by atoms with Crippen molar-refractivity contribution in [2.24, 2.45) is 0 Å². The molecule has 0 saturated carbocycles. The summed E-state index contributed by atoms with van der Waals surface area (Å²) in [6.45, 7) is 4.91. The normalized spacial score (nSPS) is 18.7. The molecule has 1 amide bonds. The number of amides is 1. The first-order chi connectivity index (χ1) is 13.7. The van der Waals surface area contributed by atoms with Crippen LogP contribution >= 0.6 is 0 Å². The Balaban J connectivity index is 1.43. The van der Waals surface area contributed by atoms with Crippen LogP contribution in [0.25, 0.3) is 0 Å². The summed E-state index contributed by atoms with van der Waals surface area (Å²) in [6.07, 6.45) is 2.10. The number of benzene rings is 2. The molecule has 1 saturated heterocycles. The zero-order valence-electron chi connectivity index (χ0n) is 16.1. The molecule has 2 aromatic rings. The van der Waals surface area contributed by atoms with Crippen molar-refractivity contribution in [1.29, 1.82) is 0 Å². The molecular weight excluding hydrogens is 356 g/mol. The van der Waals surface area contributed by atoms with Crippen molar-refractivity contribution < 1.29 is 19.0 Å². The third kappa shape index (κ3) is 4.07. The molecule has 28 heavy (non-hydrogen) atoms. The van der Waals surface area contributed by atoms with Crippen LogP contribution in [0, 0.1) is 0 Å². The molecule has 6 heteroatoms. The summed E-state index contributed by atoms with van der Waals surface area (Å²) in [4.78, 5) is 14.9. The maximum atomic E-state index is 12.7. The number of hydrogen-bond acceptors (Lipinski definition) is 5. The van der Waals surface area contributed by atoms with Gasteiger partial charge in [0.05, 0.1) is 18.8 Å². The standard InChI is InChI=1S/C22H26N2O4/c1-2-26-19-8-4-3-6-17(19)23-22(25)15-24-11-5-7-18(24)16-9-10-20-21(14-16)28-13-12-27-20/h3-4,6,8-10,14,18H,2,5,7,11-13,15H2,1H3,(H,23,25). The van der Waals surface area contributed by atoms with Crippen molar-refractivity contribution in [3.63, 3.8) is 0 Å². The van der Waals surface area contributed by atoms with Gasteiger partial charge in [-0.3, -0.25) is 9.69 Å². The van der Waals surface area contributed by atoms with Gasteiger partial charge in [-0.05, 0) is 56.1 Å². The topological polar surface area (TPSA) is 60.0 Å². The Bertz CT molecular complexity index is 839. The average Bonchev–Trinajstić information content (AvgIpc) is 3.17. The maximum absolute atomic E-state index is 12.7.